The fraction of sp³-hybridized carbons (Fsp3) is 0.133. The zero-order valence-electron chi connectivity index (χ0n) is 12.4. The van der Waals surface area contributed by atoms with Crippen LogP contribution in [0.4, 0.5) is 11.4 Å². The molecule has 0 unspecified atom stereocenters. The lowest BCUT2D eigenvalue weighted by atomic mass is 10.2. The van der Waals surface area contributed by atoms with Gasteiger partial charge < -0.3 is 14.8 Å². The molecule has 0 radical (unpaired) electrons. The van der Waals surface area contributed by atoms with Crippen molar-refractivity contribution in [2.75, 3.05) is 19.0 Å². The van der Waals surface area contributed by atoms with Crippen molar-refractivity contribution in [2.45, 2.75) is 0 Å². The minimum atomic E-state index is -0.555. The largest absolute Gasteiger partial charge is 0.494 e. The third-order valence-electron chi connectivity index (χ3n) is 2.88. The average Bonchev–Trinajstić information content (AvgIpc) is 2.52. The highest BCUT2D eigenvalue weighted by Crippen LogP contribution is 2.29. The number of hydrogen-bond donors (Lipinski definition) is 1. The average molecular weight is 371 g/mol. The lowest BCUT2D eigenvalue weighted by Crippen LogP contribution is -2.20. The zero-order valence-corrected chi connectivity index (χ0v) is 13.9. The Balaban J connectivity index is 2.03. The molecule has 0 aliphatic rings. The maximum atomic E-state index is 12.0. The van der Waals surface area contributed by atoms with Crippen molar-refractivity contribution < 1.29 is 19.2 Å². The van der Waals surface area contributed by atoms with Crippen molar-refractivity contribution in [3.05, 3.63) is 56.6 Å². The van der Waals surface area contributed by atoms with Gasteiger partial charge in [-0.25, -0.2) is 0 Å². The van der Waals surface area contributed by atoms with Crippen LogP contribution in [0.15, 0.2) is 36.4 Å². The summed E-state index contributed by atoms with van der Waals surface area (Å²) in [5, 5.41) is 14.1. The van der Waals surface area contributed by atoms with E-state index in [-0.39, 0.29) is 18.0 Å². The molecular formula is C15H12Cl2N2O5. The van der Waals surface area contributed by atoms with Gasteiger partial charge in [0.2, 0.25) is 0 Å². The fourth-order valence-corrected chi connectivity index (χ4v) is 2.35. The summed E-state index contributed by atoms with van der Waals surface area (Å²) >= 11 is 11.7. The van der Waals surface area contributed by atoms with Gasteiger partial charge in [-0.2, -0.15) is 0 Å². The highest BCUT2D eigenvalue weighted by molar-refractivity contribution is 6.34. The molecule has 0 heterocycles. The molecule has 2 aromatic rings. The number of benzene rings is 2. The number of nitro groups is 1. The van der Waals surface area contributed by atoms with Gasteiger partial charge in [-0.15, -0.1) is 0 Å². The maximum Gasteiger partial charge on any atom is 0.273 e. The molecule has 0 aliphatic carbocycles. The molecule has 0 spiro atoms. The van der Waals surface area contributed by atoms with Crippen molar-refractivity contribution in [1.29, 1.82) is 0 Å². The molecule has 1 amide bonds. The van der Waals surface area contributed by atoms with E-state index in [0.29, 0.717) is 21.5 Å². The Morgan fingerprint density at radius 1 is 1.21 bits per heavy atom. The number of hydrogen-bond acceptors (Lipinski definition) is 5. The van der Waals surface area contributed by atoms with Gasteiger partial charge in [-0.3, -0.25) is 14.9 Å². The van der Waals surface area contributed by atoms with Crippen molar-refractivity contribution in [1.82, 2.24) is 0 Å². The van der Waals surface area contributed by atoms with E-state index in [2.05, 4.69) is 5.32 Å². The Bertz CT molecular complexity index is 762. The SMILES string of the molecule is COc1cc([N+](=O)[O-])ccc1NC(=O)COc1cc(Cl)cc(Cl)c1. The number of methoxy groups -OCH3 is 1. The van der Waals surface area contributed by atoms with Gasteiger partial charge in [0.15, 0.2) is 6.61 Å². The van der Waals surface area contributed by atoms with Crippen LogP contribution in [-0.2, 0) is 4.79 Å². The number of amides is 1. The van der Waals surface area contributed by atoms with Gasteiger partial charge in [0.05, 0.1) is 23.8 Å². The van der Waals surface area contributed by atoms with Crippen LogP contribution >= 0.6 is 23.2 Å². The van der Waals surface area contributed by atoms with Gasteiger partial charge in [-0.1, -0.05) is 23.2 Å². The fourth-order valence-electron chi connectivity index (χ4n) is 1.84. The second-order valence-electron chi connectivity index (χ2n) is 4.58. The van der Waals surface area contributed by atoms with E-state index in [1.54, 1.807) is 0 Å². The number of carbonyl (C=O) groups is 1. The topological polar surface area (TPSA) is 90.7 Å². The first-order chi connectivity index (χ1) is 11.4. The highest BCUT2D eigenvalue weighted by atomic mass is 35.5. The first kappa shape index (κ1) is 17.8. The highest BCUT2D eigenvalue weighted by Gasteiger charge is 2.13. The lowest BCUT2D eigenvalue weighted by molar-refractivity contribution is -0.384. The molecule has 0 fully saturated rings. The van der Waals surface area contributed by atoms with E-state index >= 15 is 0 Å². The Labute approximate surface area is 147 Å². The van der Waals surface area contributed by atoms with E-state index in [1.165, 1.54) is 43.5 Å². The summed E-state index contributed by atoms with van der Waals surface area (Å²) < 4.78 is 10.3. The molecule has 0 aliphatic heterocycles. The van der Waals surface area contributed by atoms with Gasteiger partial charge in [0.1, 0.15) is 11.5 Å². The van der Waals surface area contributed by atoms with Crippen LogP contribution in [0.2, 0.25) is 10.0 Å². The van der Waals surface area contributed by atoms with Crippen LogP contribution in [0.5, 0.6) is 11.5 Å². The summed E-state index contributed by atoms with van der Waals surface area (Å²) in [5.41, 5.74) is 0.149. The lowest BCUT2D eigenvalue weighted by Gasteiger charge is -2.11. The molecule has 0 bridgehead atoms. The first-order valence-electron chi connectivity index (χ1n) is 6.60. The Hall–Kier alpha value is -2.51. The quantitative estimate of drug-likeness (QED) is 0.614. The maximum absolute atomic E-state index is 12.0. The third kappa shape index (κ3) is 4.74. The van der Waals surface area contributed by atoms with Crippen LogP contribution < -0.4 is 14.8 Å². The van der Waals surface area contributed by atoms with E-state index in [1.807, 2.05) is 0 Å². The molecule has 7 nitrogen and oxygen atoms in total. The molecule has 2 rings (SSSR count). The van der Waals surface area contributed by atoms with E-state index in [9.17, 15) is 14.9 Å². The summed E-state index contributed by atoms with van der Waals surface area (Å²) in [6, 6.07) is 8.44. The molecule has 1 N–H and O–H groups in total. The van der Waals surface area contributed by atoms with E-state index in [0.717, 1.165) is 0 Å². The number of nitrogens with one attached hydrogen (secondary N) is 1. The minimum absolute atomic E-state index is 0.144. The molecule has 0 atom stereocenters. The summed E-state index contributed by atoms with van der Waals surface area (Å²) in [7, 11) is 1.35. The summed E-state index contributed by atoms with van der Waals surface area (Å²) in [4.78, 5) is 22.1. The van der Waals surface area contributed by atoms with Crippen LogP contribution in [0.1, 0.15) is 0 Å². The molecular weight excluding hydrogens is 359 g/mol. The van der Waals surface area contributed by atoms with Crippen LogP contribution in [0, 0.1) is 10.1 Å². The predicted octanol–water partition coefficient (Wildman–Crippen LogP) is 3.93. The predicted molar refractivity (Wildman–Crippen MR) is 90.2 cm³/mol. The van der Waals surface area contributed by atoms with Gasteiger partial charge in [0.25, 0.3) is 11.6 Å². The molecule has 0 saturated carbocycles. The van der Waals surface area contributed by atoms with Crippen molar-refractivity contribution in [3.63, 3.8) is 0 Å². The Morgan fingerprint density at radius 2 is 1.88 bits per heavy atom. The number of carbonyl (C=O) groups excluding carboxylic acids is 1. The van der Waals surface area contributed by atoms with Gasteiger partial charge in [-0.05, 0) is 24.3 Å². The van der Waals surface area contributed by atoms with Crippen LogP contribution in [-0.4, -0.2) is 24.5 Å². The molecule has 9 heteroatoms. The Morgan fingerprint density at radius 3 is 2.46 bits per heavy atom. The third-order valence-corrected chi connectivity index (χ3v) is 3.31. The molecule has 0 saturated heterocycles. The number of rotatable bonds is 6. The normalized spacial score (nSPS) is 10.1. The molecule has 126 valence electrons. The number of halogens is 2. The van der Waals surface area contributed by atoms with Crippen molar-refractivity contribution >= 4 is 40.5 Å². The number of nitro benzene ring substituents is 1. The molecule has 2 aromatic carbocycles. The molecule has 0 aromatic heterocycles. The number of non-ortho nitro benzene ring substituents is 1. The van der Waals surface area contributed by atoms with E-state index < -0.39 is 10.8 Å². The number of nitrogens with zero attached hydrogens (tertiary/aromatic N) is 1. The Kier molecular flexibility index (Phi) is 5.83. The minimum Gasteiger partial charge on any atom is -0.494 e. The van der Waals surface area contributed by atoms with Crippen molar-refractivity contribution in [3.8, 4) is 11.5 Å². The van der Waals surface area contributed by atoms with Crippen molar-refractivity contribution in [2.24, 2.45) is 0 Å². The second-order valence-corrected chi connectivity index (χ2v) is 5.46. The smallest absolute Gasteiger partial charge is 0.273 e. The van der Waals surface area contributed by atoms with Crippen LogP contribution in [0.3, 0.4) is 0 Å². The monoisotopic (exact) mass is 370 g/mol. The standard InChI is InChI=1S/C15H12Cl2N2O5/c1-23-14-7-11(19(21)22)2-3-13(14)18-15(20)8-24-12-5-9(16)4-10(17)6-12/h2-7H,8H2,1H3,(H,18,20). The summed E-state index contributed by atoms with van der Waals surface area (Å²) in [6.07, 6.45) is 0. The first-order valence-corrected chi connectivity index (χ1v) is 7.36. The zero-order chi connectivity index (χ0) is 17.7. The van der Waals surface area contributed by atoms with Gasteiger partial charge in [0, 0.05) is 16.1 Å². The summed E-state index contributed by atoms with van der Waals surface area (Å²) in [6.45, 7) is -0.295. The summed E-state index contributed by atoms with van der Waals surface area (Å²) in [5.74, 6) is 0.0416. The molecule has 24 heavy (non-hydrogen) atoms. The number of anilines is 1. The second kappa shape index (κ2) is 7.85. The van der Waals surface area contributed by atoms with Crippen LogP contribution in [0.25, 0.3) is 0 Å². The van der Waals surface area contributed by atoms with E-state index in [4.69, 9.17) is 32.7 Å². The number of ether oxygens (including phenoxy) is 2. The van der Waals surface area contributed by atoms with Gasteiger partial charge >= 0.3 is 0 Å².